The molecule has 0 aliphatic heterocycles. The zero-order valence-corrected chi connectivity index (χ0v) is 11.5. The van der Waals surface area contributed by atoms with Crippen molar-refractivity contribution < 1.29 is 14.5 Å². The summed E-state index contributed by atoms with van der Waals surface area (Å²) in [7, 11) is 0. The lowest BCUT2D eigenvalue weighted by atomic mass is 10.2. The van der Waals surface area contributed by atoms with Crippen LogP contribution in [0.3, 0.4) is 0 Å². The number of carbonyl (C=O) groups excluding carboxylic acids is 1. The van der Waals surface area contributed by atoms with Gasteiger partial charge in [0.25, 0.3) is 11.6 Å². The van der Waals surface area contributed by atoms with E-state index in [-0.39, 0.29) is 18.0 Å². The molecule has 0 saturated carbocycles. The van der Waals surface area contributed by atoms with Crippen LogP contribution in [0.25, 0.3) is 0 Å². The maximum absolute atomic E-state index is 11.7. The van der Waals surface area contributed by atoms with Crippen LogP contribution in [0.2, 0.25) is 0 Å². The van der Waals surface area contributed by atoms with Gasteiger partial charge >= 0.3 is 0 Å². The van der Waals surface area contributed by atoms with E-state index in [1.165, 1.54) is 6.07 Å². The summed E-state index contributed by atoms with van der Waals surface area (Å²) in [5.41, 5.74) is 0.454. The molecule has 0 saturated heterocycles. The minimum atomic E-state index is -0.528. The van der Waals surface area contributed by atoms with Gasteiger partial charge in [-0.3, -0.25) is 14.9 Å². The van der Waals surface area contributed by atoms with Crippen LogP contribution in [-0.4, -0.2) is 23.0 Å². The van der Waals surface area contributed by atoms with Gasteiger partial charge in [-0.1, -0.05) is 6.07 Å². The number of amides is 1. The van der Waals surface area contributed by atoms with E-state index < -0.39 is 16.4 Å². The Kier molecular flexibility index (Phi) is 4.61. The second kappa shape index (κ2) is 5.79. The van der Waals surface area contributed by atoms with Crippen molar-refractivity contribution in [2.24, 2.45) is 0 Å². The van der Waals surface area contributed by atoms with Crippen molar-refractivity contribution in [2.45, 2.75) is 33.3 Å². The van der Waals surface area contributed by atoms with Crippen LogP contribution in [0, 0.1) is 17.0 Å². The molecule has 104 valence electrons. The van der Waals surface area contributed by atoms with Crippen LogP contribution in [-0.2, 0) is 9.53 Å². The van der Waals surface area contributed by atoms with Crippen molar-refractivity contribution in [3.8, 4) is 0 Å². The van der Waals surface area contributed by atoms with Crippen LogP contribution < -0.4 is 5.32 Å². The highest BCUT2D eigenvalue weighted by Gasteiger charge is 2.17. The third-order valence-electron chi connectivity index (χ3n) is 2.26. The van der Waals surface area contributed by atoms with Crippen molar-refractivity contribution in [2.75, 3.05) is 11.9 Å². The SMILES string of the molecule is Cc1ccc([N+](=O)[O-])c(NC(=O)COC(C)(C)C)c1. The van der Waals surface area contributed by atoms with Gasteiger partial charge in [0, 0.05) is 6.07 Å². The predicted octanol–water partition coefficient (Wildman–Crippen LogP) is 2.66. The molecule has 1 amide bonds. The minimum Gasteiger partial charge on any atom is -0.366 e. The zero-order chi connectivity index (χ0) is 14.6. The maximum atomic E-state index is 11.7. The highest BCUT2D eigenvalue weighted by atomic mass is 16.6. The maximum Gasteiger partial charge on any atom is 0.292 e. The average molecular weight is 266 g/mol. The van der Waals surface area contributed by atoms with E-state index in [0.717, 1.165) is 5.56 Å². The number of nitrogens with zero attached hydrogens (tertiary/aromatic N) is 1. The monoisotopic (exact) mass is 266 g/mol. The number of benzene rings is 1. The van der Waals surface area contributed by atoms with Gasteiger partial charge in [-0.05, 0) is 39.3 Å². The second-order valence-electron chi connectivity index (χ2n) is 5.23. The molecule has 0 atom stereocenters. The Morgan fingerprint density at radius 1 is 1.42 bits per heavy atom. The Labute approximate surface area is 111 Å². The first-order valence-electron chi connectivity index (χ1n) is 5.88. The van der Waals surface area contributed by atoms with Crippen molar-refractivity contribution in [3.63, 3.8) is 0 Å². The molecule has 0 spiro atoms. The third kappa shape index (κ3) is 5.05. The molecule has 1 aromatic rings. The van der Waals surface area contributed by atoms with Gasteiger partial charge in [0.1, 0.15) is 12.3 Å². The first-order valence-corrected chi connectivity index (χ1v) is 5.88. The fraction of sp³-hybridized carbons (Fsp3) is 0.462. The summed E-state index contributed by atoms with van der Waals surface area (Å²) in [5, 5.41) is 13.4. The van der Waals surface area contributed by atoms with Crippen LogP contribution in [0.15, 0.2) is 18.2 Å². The fourth-order valence-electron chi connectivity index (χ4n) is 1.38. The molecular formula is C13H18N2O4. The first-order chi connectivity index (χ1) is 8.69. The normalized spacial score (nSPS) is 11.2. The van der Waals surface area contributed by atoms with Crippen molar-refractivity contribution in [1.82, 2.24) is 0 Å². The summed E-state index contributed by atoms with van der Waals surface area (Å²) in [4.78, 5) is 22.0. The topological polar surface area (TPSA) is 81.5 Å². The number of hydrogen-bond donors (Lipinski definition) is 1. The summed E-state index contributed by atoms with van der Waals surface area (Å²) in [6, 6.07) is 4.56. The number of nitrogens with one attached hydrogen (secondary N) is 1. The van der Waals surface area contributed by atoms with E-state index >= 15 is 0 Å². The average Bonchev–Trinajstić information content (AvgIpc) is 2.25. The van der Waals surface area contributed by atoms with Crippen molar-refractivity contribution in [3.05, 3.63) is 33.9 Å². The molecule has 0 aliphatic carbocycles. The first kappa shape index (κ1) is 15.1. The van der Waals surface area contributed by atoms with E-state index in [1.807, 2.05) is 20.8 Å². The lowest BCUT2D eigenvalue weighted by Gasteiger charge is -2.19. The zero-order valence-electron chi connectivity index (χ0n) is 11.5. The fourth-order valence-corrected chi connectivity index (χ4v) is 1.38. The molecule has 0 unspecified atom stereocenters. The van der Waals surface area contributed by atoms with Gasteiger partial charge in [0.15, 0.2) is 0 Å². The van der Waals surface area contributed by atoms with Crippen LogP contribution in [0.4, 0.5) is 11.4 Å². The number of hydrogen-bond acceptors (Lipinski definition) is 4. The molecule has 19 heavy (non-hydrogen) atoms. The molecule has 1 N–H and O–H groups in total. The van der Waals surface area contributed by atoms with Gasteiger partial charge < -0.3 is 10.1 Å². The molecule has 0 aromatic heterocycles. The quantitative estimate of drug-likeness (QED) is 0.671. The van der Waals surface area contributed by atoms with E-state index in [0.29, 0.717) is 0 Å². The molecule has 1 rings (SSSR count). The lowest BCUT2D eigenvalue weighted by Crippen LogP contribution is -2.27. The number of rotatable bonds is 4. The van der Waals surface area contributed by atoms with E-state index in [9.17, 15) is 14.9 Å². The summed E-state index contributed by atoms with van der Waals surface area (Å²) < 4.78 is 5.31. The molecule has 6 nitrogen and oxygen atoms in total. The Hall–Kier alpha value is -1.95. The Morgan fingerprint density at radius 3 is 2.58 bits per heavy atom. The van der Waals surface area contributed by atoms with E-state index in [1.54, 1.807) is 19.1 Å². The number of ether oxygens (including phenoxy) is 1. The summed E-state index contributed by atoms with van der Waals surface area (Å²) in [5.74, 6) is -0.413. The van der Waals surface area contributed by atoms with Gasteiger partial charge in [-0.15, -0.1) is 0 Å². The van der Waals surface area contributed by atoms with E-state index in [2.05, 4.69) is 5.32 Å². The molecule has 0 fully saturated rings. The number of aryl methyl sites for hydroxylation is 1. The third-order valence-corrected chi connectivity index (χ3v) is 2.26. The molecule has 0 heterocycles. The highest BCUT2D eigenvalue weighted by molar-refractivity contribution is 5.94. The highest BCUT2D eigenvalue weighted by Crippen LogP contribution is 2.25. The largest absolute Gasteiger partial charge is 0.366 e. The van der Waals surface area contributed by atoms with Crippen LogP contribution >= 0.6 is 0 Å². The molecular weight excluding hydrogens is 248 g/mol. The van der Waals surface area contributed by atoms with Crippen molar-refractivity contribution in [1.29, 1.82) is 0 Å². The minimum absolute atomic E-state index is 0.130. The molecule has 1 aromatic carbocycles. The molecule has 0 aliphatic rings. The Morgan fingerprint density at radius 2 is 2.05 bits per heavy atom. The Bertz CT molecular complexity index is 492. The summed E-state index contributed by atoms with van der Waals surface area (Å²) >= 11 is 0. The van der Waals surface area contributed by atoms with Gasteiger partial charge in [0.05, 0.1) is 10.5 Å². The van der Waals surface area contributed by atoms with Crippen LogP contribution in [0.5, 0.6) is 0 Å². The molecule has 0 bridgehead atoms. The van der Waals surface area contributed by atoms with Crippen LogP contribution in [0.1, 0.15) is 26.3 Å². The standard InChI is InChI=1S/C13H18N2O4/c1-9-5-6-11(15(17)18)10(7-9)14-12(16)8-19-13(2,3)4/h5-7H,8H2,1-4H3,(H,14,16). The smallest absolute Gasteiger partial charge is 0.292 e. The number of anilines is 1. The lowest BCUT2D eigenvalue weighted by molar-refractivity contribution is -0.383. The van der Waals surface area contributed by atoms with Gasteiger partial charge in [-0.2, -0.15) is 0 Å². The number of nitro groups is 1. The van der Waals surface area contributed by atoms with E-state index in [4.69, 9.17) is 4.74 Å². The van der Waals surface area contributed by atoms with Gasteiger partial charge in [-0.25, -0.2) is 0 Å². The second-order valence-corrected chi connectivity index (χ2v) is 5.23. The summed E-state index contributed by atoms with van der Waals surface area (Å²) in [6.07, 6.45) is 0. The number of carbonyl (C=O) groups is 1. The number of nitro benzene ring substituents is 1. The summed E-state index contributed by atoms with van der Waals surface area (Å²) in [6.45, 7) is 7.14. The van der Waals surface area contributed by atoms with Gasteiger partial charge in [0.2, 0.25) is 0 Å². The predicted molar refractivity (Wildman–Crippen MR) is 72.2 cm³/mol. The van der Waals surface area contributed by atoms with Crippen molar-refractivity contribution >= 4 is 17.3 Å². The molecule has 6 heteroatoms. The molecule has 0 radical (unpaired) electrons. The Balaban J connectivity index is 2.78.